The second-order valence-corrected chi connectivity index (χ2v) is 6.22. The fourth-order valence-corrected chi connectivity index (χ4v) is 4.61. The Bertz CT molecular complexity index is 317. The van der Waals surface area contributed by atoms with E-state index in [-0.39, 0.29) is 5.91 Å². The molecule has 4 aliphatic carbocycles. The summed E-state index contributed by atoms with van der Waals surface area (Å²) in [7, 11) is 0. The minimum Gasteiger partial charge on any atom is -0.366 e. The fraction of sp³-hybridized carbons (Fsp3) is 0.786. The highest BCUT2D eigenvalue weighted by atomic mass is 16.1. The van der Waals surface area contributed by atoms with Gasteiger partial charge >= 0.3 is 0 Å². The number of hydrogen-bond donors (Lipinski definition) is 1. The molecule has 1 amide bonds. The summed E-state index contributed by atoms with van der Waals surface area (Å²) in [6, 6.07) is 0. The Morgan fingerprint density at radius 1 is 1.06 bits per heavy atom. The van der Waals surface area contributed by atoms with Gasteiger partial charge in [-0.1, -0.05) is 6.08 Å². The Balaban J connectivity index is 1.82. The van der Waals surface area contributed by atoms with E-state index in [0.717, 1.165) is 29.2 Å². The van der Waals surface area contributed by atoms with Crippen LogP contribution < -0.4 is 5.73 Å². The minimum absolute atomic E-state index is 0.242. The second kappa shape index (κ2) is 3.61. The van der Waals surface area contributed by atoms with Crippen LogP contribution in [-0.4, -0.2) is 5.91 Å². The maximum absolute atomic E-state index is 11.1. The van der Waals surface area contributed by atoms with E-state index in [2.05, 4.69) is 6.08 Å². The van der Waals surface area contributed by atoms with Gasteiger partial charge in [0, 0.05) is 5.57 Å². The lowest BCUT2D eigenvalue weighted by atomic mass is 9.52. The molecule has 0 aromatic heterocycles. The summed E-state index contributed by atoms with van der Waals surface area (Å²) >= 11 is 0. The Kier molecular flexibility index (Phi) is 2.34. The molecule has 0 spiro atoms. The SMILES string of the molecule is CC(=CC1C2CC3CC(C2)CC1C3)C(N)=O. The molecule has 4 aliphatic rings. The molecule has 4 bridgehead atoms. The molecule has 2 N–H and O–H groups in total. The van der Waals surface area contributed by atoms with Gasteiger partial charge in [0.25, 0.3) is 0 Å². The van der Waals surface area contributed by atoms with Crippen LogP contribution in [0.5, 0.6) is 0 Å². The van der Waals surface area contributed by atoms with Crippen LogP contribution in [0, 0.1) is 29.6 Å². The molecular formula is C14H21NO. The lowest BCUT2D eigenvalue weighted by Crippen LogP contribution is -2.44. The molecule has 16 heavy (non-hydrogen) atoms. The highest BCUT2D eigenvalue weighted by Crippen LogP contribution is 2.56. The van der Waals surface area contributed by atoms with Crippen LogP contribution in [0.2, 0.25) is 0 Å². The lowest BCUT2D eigenvalue weighted by molar-refractivity contribution is -0.114. The Morgan fingerprint density at radius 3 is 2.00 bits per heavy atom. The molecule has 0 aliphatic heterocycles. The van der Waals surface area contributed by atoms with Crippen LogP contribution in [0.25, 0.3) is 0 Å². The van der Waals surface area contributed by atoms with Gasteiger partial charge in [0.15, 0.2) is 0 Å². The van der Waals surface area contributed by atoms with E-state index in [1.807, 2.05) is 6.92 Å². The molecule has 0 radical (unpaired) electrons. The first-order valence-electron chi connectivity index (χ1n) is 6.61. The van der Waals surface area contributed by atoms with Crippen molar-refractivity contribution in [2.75, 3.05) is 0 Å². The van der Waals surface area contributed by atoms with Crippen LogP contribution in [0.4, 0.5) is 0 Å². The molecule has 0 heterocycles. The van der Waals surface area contributed by atoms with E-state index >= 15 is 0 Å². The zero-order valence-electron chi connectivity index (χ0n) is 9.99. The van der Waals surface area contributed by atoms with Gasteiger partial charge in [-0.2, -0.15) is 0 Å². The van der Waals surface area contributed by atoms with E-state index in [1.54, 1.807) is 0 Å². The molecule has 2 nitrogen and oxygen atoms in total. The van der Waals surface area contributed by atoms with Gasteiger partial charge in [-0.15, -0.1) is 0 Å². The van der Waals surface area contributed by atoms with Gasteiger partial charge < -0.3 is 5.73 Å². The number of carbonyl (C=O) groups is 1. The number of allylic oxidation sites excluding steroid dienone is 1. The van der Waals surface area contributed by atoms with Crippen molar-refractivity contribution in [1.29, 1.82) is 0 Å². The van der Waals surface area contributed by atoms with Crippen LogP contribution in [-0.2, 0) is 4.79 Å². The van der Waals surface area contributed by atoms with Gasteiger partial charge in [-0.25, -0.2) is 0 Å². The van der Waals surface area contributed by atoms with Crippen molar-refractivity contribution in [3.8, 4) is 0 Å². The Morgan fingerprint density at radius 2 is 1.56 bits per heavy atom. The highest BCUT2D eigenvalue weighted by Gasteiger charge is 2.47. The average molecular weight is 219 g/mol. The number of nitrogens with two attached hydrogens (primary N) is 1. The smallest absolute Gasteiger partial charge is 0.244 e. The highest BCUT2D eigenvalue weighted by molar-refractivity contribution is 5.91. The molecule has 4 saturated carbocycles. The number of rotatable bonds is 2. The molecule has 0 aromatic carbocycles. The van der Waals surface area contributed by atoms with Gasteiger partial charge in [-0.05, 0) is 68.6 Å². The van der Waals surface area contributed by atoms with Crippen molar-refractivity contribution < 1.29 is 4.79 Å². The van der Waals surface area contributed by atoms with Crippen molar-refractivity contribution in [1.82, 2.24) is 0 Å². The minimum atomic E-state index is -0.242. The van der Waals surface area contributed by atoms with E-state index < -0.39 is 0 Å². The van der Waals surface area contributed by atoms with E-state index in [0.29, 0.717) is 5.92 Å². The van der Waals surface area contributed by atoms with Gasteiger partial charge in [0.1, 0.15) is 0 Å². The summed E-state index contributed by atoms with van der Waals surface area (Å²) in [6.45, 7) is 1.87. The number of amides is 1. The first kappa shape index (κ1) is 10.4. The molecular weight excluding hydrogens is 198 g/mol. The zero-order valence-corrected chi connectivity index (χ0v) is 9.99. The van der Waals surface area contributed by atoms with E-state index in [1.165, 1.54) is 32.1 Å². The first-order valence-corrected chi connectivity index (χ1v) is 6.61. The van der Waals surface area contributed by atoms with Crippen LogP contribution in [0.1, 0.15) is 39.0 Å². The number of hydrogen-bond acceptors (Lipinski definition) is 1. The van der Waals surface area contributed by atoms with Crippen molar-refractivity contribution in [3.63, 3.8) is 0 Å². The lowest BCUT2D eigenvalue weighted by Gasteiger charge is -2.53. The molecule has 88 valence electrons. The molecule has 4 fully saturated rings. The summed E-state index contributed by atoms with van der Waals surface area (Å²) in [6.07, 6.45) is 9.29. The fourth-order valence-electron chi connectivity index (χ4n) is 4.61. The predicted octanol–water partition coefficient (Wildman–Crippen LogP) is 2.49. The Hall–Kier alpha value is -0.790. The van der Waals surface area contributed by atoms with Gasteiger partial charge in [0.2, 0.25) is 5.91 Å². The third-order valence-corrected chi connectivity index (χ3v) is 5.13. The summed E-state index contributed by atoms with van der Waals surface area (Å²) in [5.74, 6) is 4.12. The van der Waals surface area contributed by atoms with E-state index in [4.69, 9.17) is 5.73 Å². The molecule has 4 rings (SSSR count). The van der Waals surface area contributed by atoms with Crippen molar-refractivity contribution in [3.05, 3.63) is 11.6 Å². The van der Waals surface area contributed by atoms with Gasteiger partial charge in [0.05, 0.1) is 0 Å². The van der Waals surface area contributed by atoms with Crippen LogP contribution in [0.3, 0.4) is 0 Å². The summed E-state index contributed by atoms with van der Waals surface area (Å²) in [4.78, 5) is 11.1. The van der Waals surface area contributed by atoms with Gasteiger partial charge in [-0.3, -0.25) is 4.79 Å². The maximum atomic E-state index is 11.1. The molecule has 0 unspecified atom stereocenters. The maximum Gasteiger partial charge on any atom is 0.244 e. The topological polar surface area (TPSA) is 43.1 Å². The monoisotopic (exact) mass is 219 g/mol. The van der Waals surface area contributed by atoms with Crippen LogP contribution in [0.15, 0.2) is 11.6 Å². The number of carbonyl (C=O) groups excluding carboxylic acids is 1. The standard InChI is InChI=1S/C14H21NO/c1-8(14(15)16)2-13-11-4-9-3-10(6-11)7-12(13)5-9/h2,9-13H,3-7H2,1H3,(H2,15,16). The summed E-state index contributed by atoms with van der Waals surface area (Å²) in [5, 5.41) is 0. The normalized spacial score (nSPS) is 46.1. The zero-order chi connectivity index (χ0) is 11.3. The number of primary amides is 1. The third-order valence-electron chi connectivity index (χ3n) is 5.13. The Labute approximate surface area is 97.3 Å². The third kappa shape index (κ3) is 1.59. The van der Waals surface area contributed by atoms with E-state index in [9.17, 15) is 4.79 Å². The quantitative estimate of drug-likeness (QED) is 0.712. The predicted molar refractivity (Wildman–Crippen MR) is 63.5 cm³/mol. The molecule has 2 heteroatoms. The second-order valence-electron chi connectivity index (χ2n) is 6.22. The average Bonchev–Trinajstić information content (AvgIpc) is 2.21. The molecule has 0 aromatic rings. The summed E-state index contributed by atoms with van der Waals surface area (Å²) in [5.41, 5.74) is 6.11. The van der Waals surface area contributed by atoms with Crippen molar-refractivity contribution in [2.45, 2.75) is 39.0 Å². The molecule has 0 atom stereocenters. The van der Waals surface area contributed by atoms with Crippen molar-refractivity contribution >= 4 is 5.91 Å². The summed E-state index contributed by atoms with van der Waals surface area (Å²) < 4.78 is 0. The molecule has 0 saturated heterocycles. The largest absolute Gasteiger partial charge is 0.366 e. The van der Waals surface area contributed by atoms with Crippen molar-refractivity contribution in [2.24, 2.45) is 35.3 Å². The first-order chi connectivity index (χ1) is 7.63. The van der Waals surface area contributed by atoms with Crippen LogP contribution >= 0.6 is 0 Å².